The summed E-state index contributed by atoms with van der Waals surface area (Å²) in [6, 6.07) is 0. The summed E-state index contributed by atoms with van der Waals surface area (Å²) in [6.45, 7) is 7.09. The van der Waals surface area contributed by atoms with E-state index >= 15 is 0 Å². The van der Waals surface area contributed by atoms with Crippen LogP contribution >= 0.6 is 0 Å². The average Bonchev–Trinajstić information content (AvgIpc) is 2.62. The summed E-state index contributed by atoms with van der Waals surface area (Å²) in [7, 11) is -1.85. The lowest BCUT2D eigenvalue weighted by atomic mass is 9.98. The number of rotatable bonds is 2. The van der Waals surface area contributed by atoms with Gasteiger partial charge in [0, 0.05) is 21.2 Å². The molecule has 1 saturated carbocycles. The van der Waals surface area contributed by atoms with Crippen molar-refractivity contribution in [2.24, 2.45) is 9.78 Å². The Morgan fingerprint density at radius 2 is 1.92 bits per heavy atom. The van der Waals surface area contributed by atoms with Crippen molar-refractivity contribution in [1.82, 2.24) is 0 Å². The average molecular weight is 189 g/mol. The fourth-order valence-electron chi connectivity index (χ4n) is 0.933. The van der Waals surface area contributed by atoms with E-state index in [1.165, 1.54) is 0 Å². The molecule has 1 aliphatic rings. The van der Waals surface area contributed by atoms with Crippen molar-refractivity contribution in [3.63, 3.8) is 0 Å². The Balaban J connectivity index is 2.61. The standard InChI is InChI=1S/C9H19NOS/c1-9(2,3)7-10-12(4,11)8-5-6-8/h8H,5-7H2,1-4H3. The first-order valence-electron chi connectivity index (χ1n) is 4.48. The molecule has 12 heavy (non-hydrogen) atoms. The number of nitrogens with zero attached hydrogens (tertiary/aromatic N) is 1. The molecule has 0 amide bonds. The van der Waals surface area contributed by atoms with Crippen molar-refractivity contribution in [1.29, 1.82) is 0 Å². The highest BCUT2D eigenvalue weighted by Gasteiger charge is 2.30. The second-order valence-electron chi connectivity index (χ2n) is 4.91. The second-order valence-corrected chi connectivity index (χ2v) is 7.56. The van der Waals surface area contributed by atoms with Crippen molar-refractivity contribution < 1.29 is 4.21 Å². The highest BCUT2D eigenvalue weighted by molar-refractivity contribution is 7.93. The predicted octanol–water partition coefficient (Wildman–Crippen LogP) is 2.29. The van der Waals surface area contributed by atoms with Gasteiger partial charge in [0.2, 0.25) is 0 Å². The Kier molecular flexibility index (Phi) is 2.52. The maximum Gasteiger partial charge on any atom is 0.0532 e. The van der Waals surface area contributed by atoms with Gasteiger partial charge in [0.25, 0.3) is 0 Å². The molecule has 1 rings (SSSR count). The van der Waals surface area contributed by atoms with E-state index in [0.29, 0.717) is 5.25 Å². The van der Waals surface area contributed by atoms with Crippen molar-refractivity contribution in [3.05, 3.63) is 0 Å². The third-order valence-electron chi connectivity index (χ3n) is 1.94. The molecule has 3 heteroatoms. The zero-order chi connectivity index (χ0) is 9.41. The molecule has 0 bridgehead atoms. The zero-order valence-corrected chi connectivity index (χ0v) is 9.28. The maximum absolute atomic E-state index is 11.8. The van der Waals surface area contributed by atoms with E-state index in [0.717, 1.165) is 19.4 Å². The van der Waals surface area contributed by atoms with Gasteiger partial charge in [-0.1, -0.05) is 20.8 Å². The first kappa shape index (κ1) is 10.0. The summed E-state index contributed by atoms with van der Waals surface area (Å²) in [5.41, 5.74) is 0.174. The van der Waals surface area contributed by atoms with Gasteiger partial charge in [-0.05, 0) is 18.3 Å². The molecule has 0 spiro atoms. The van der Waals surface area contributed by atoms with E-state index < -0.39 is 9.73 Å². The first-order valence-corrected chi connectivity index (χ1v) is 6.47. The van der Waals surface area contributed by atoms with Gasteiger partial charge in [-0.15, -0.1) is 0 Å². The largest absolute Gasteiger partial charge is 0.250 e. The molecule has 1 atom stereocenters. The second kappa shape index (κ2) is 3.02. The fraction of sp³-hybridized carbons (Fsp3) is 1.00. The summed E-state index contributed by atoms with van der Waals surface area (Å²) in [6.07, 6.45) is 4.03. The molecule has 0 aliphatic heterocycles. The molecule has 72 valence electrons. The van der Waals surface area contributed by atoms with Gasteiger partial charge < -0.3 is 0 Å². The third-order valence-corrected chi connectivity index (χ3v) is 4.29. The van der Waals surface area contributed by atoms with Gasteiger partial charge >= 0.3 is 0 Å². The lowest BCUT2D eigenvalue weighted by Crippen LogP contribution is -2.13. The van der Waals surface area contributed by atoms with Crippen molar-refractivity contribution in [2.75, 3.05) is 12.8 Å². The molecule has 2 nitrogen and oxygen atoms in total. The SMILES string of the molecule is CC(C)(C)CN=S(C)(=O)C1CC1. The Labute approximate surface area is 75.9 Å². The van der Waals surface area contributed by atoms with E-state index in [-0.39, 0.29) is 5.41 Å². The van der Waals surface area contributed by atoms with E-state index in [1.54, 1.807) is 6.26 Å². The summed E-state index contributed by atoms with van der Waals surface area (Å²) in [5.74, 6) is 0. The minimum Gasteiger partial charge on any atom is -0.250 e. The van der Waals surface area contributed by atoms with Gasteiger partial charge in [0.1, 0.15) is 0 Å². The fourth-order valence-corrected chi connectivity index (χ4v) is 2.80. The van der Waals surface area contributed by atoms with Crippen LogP contribution in [0.15, 0.2) is 4.36 Å². The van der Waals surface area contributed by atoms with Crippen LogP contribution in [-0.2, 0) is 9.73 Å². The van der Waals surface area contributed by atoms with E-state index in [4.69, 9.17) is 0 Å². The molecule has 1 fully saturated rings. The van der Waals surface area contributed by atoms with Crippen LogP contribution in [-0.4, -0.2) is 22.3 Å². The Bertz CT molecular complexity index is 265. The molecule has 0 saturated heterocycles. The molecule has 0 aromatic rings. The molecule has 0 aromatic heterocycles. The van der Waals surface area contributed by atoms with Gasteiger partial charge in [-0.2, -0.15) is 0 Å². The summed E-state index contributed by atoms with van der Waals surface area (Å²) < 4.78 is 16.1. The van der Waals surface area contributed by atoms with Crippen LogP contribution < -0.4 is 0 Å². The highest BCUT2D eigenvalue weighted by atomic mass is 32.2. The minimum absolute atomic E-state index is 0.174. The van der Waals surface area contributed by atoms with Crippen LogP contribution in [0.2, 0.25) is 0 Å². The molecule has 0 heterocycles. The first-order chi connectivity index (χ1) is 5.31. The van der Waals surface area contributed by atoms with Crippen LogP contribution in [0.4, 0.5) is 0 Å². The molecule has 0 radical (unpaired) electrons. The van der Waals surface area contributed by atoms with Crippen molar-refractivity contribution >= 4 is 9.73 Å². The molecular weight excluding hydrogens is 170 g/mol. The number of hydrogen-bond acceptors (Lipinski definition) is 2. The Morgan fingerprint density at radius 3 is 2.25 bits per heavy atom. The normalized spacial score (nSPS) is 23.3. The Morgan fingerprint density at radius 1 is 1.42 bits per heavy atom. The smallest absolute Gasteiger partial charge is 0.0532 e. The zero-order valence-electron chi connectivity index (χ0n) is 8.46. The molecular formula is C9H19NOS. The number of hydrogen-bond donors (Lipinski definition) is 0. The van der Waals surface area contributed by atoms with Gasteiger partial charge in [0.15, 0.2) is 0 Å². The van der Waals surface area contributed by atoms with Crippen LogP contribution in [0.3, 0.4) is 0 Å². The monoisotopic (exact) mass is 189 g/mol. The van der Waals surface area contributed by atoms with Gasteiger partial charge in [0.05, 0.1) is 6.54 Å². The van der Waals surface area contributed by atoms with Crippen molar-refractivity contribution in [3.8, 4) is 0 Å². The van der Waals surface area contributed by atoms with E-state index in [9.17, 15) is 4.21 Å². The van der Waals surface area contributed by atoms with Gasteiger partial charge in [-0.25, -0.2) is 8.57 Å². The lowest BCUT2D eigenvalue weighted by molar-refractivity contribution is 0.430. The molecule has 1 aliphatic carbocycles. The lowest BCUT2D eigenvalue weighted by Gasteiger charge is -2.15. The van der Waals surface area contributed by atoms with Crippen LogP contribution in [0.25, 0.3) is 0 Å². The van der Waals surface area contributed by atoms with E-state index in [1.807, 2.05) is 0 Å². The third kappa shape index (κ3) is 3.13. The van der Waals surface area contributed by atoms with E-state index in [2.05, 4.69) is 25.1 Å². The Hall–Kier alpha value is -0.0500. The van der Waals surface area contributed by atoms with Crippen LogP contribution in [0, 0.1) is 5.41 Å². The molecule has 0 N–H and O–H groups in total. The maximum atomic E-state index is 11.8. The minimum atomic E-state index is -1.85. The van der Waals surface area contributed by atoms with Crippen LogP contribution in [0.5, 0.6) is 0 Å². The topological polar surface area (TPSA) is 29.4 Å². The molecule has 1 unspecified atom stereocenters. The quantitative estimate of drug-likeness (QED) is 0.655. The van der Waals surface area contributed by atoms with Gasteiger partial charge in [-0.3, -0.25) is 0 Å². The van der Waals surface area contributed by atoms with Crippen molar-refractivity contribution in [2.45, 2.75) is 38.9 Å². The van der Waals surface area contributed by atoms with Crippen LogP contribution in [0.1, 0.15) is 33.6 Å². The summed E-state index contributed by atoms with van der Waals surface area (Å²) >= 11 is 0. The molecule has 0 aromatic carbocycles. The summed E-state index contributed by atoms with van der Waals surface area (Å²) in [5, 5.41) is 0.403. The highest BCUT2D eigenvalue weighted by Crippen LogP contribution is 2.29. The predicted molar refractivity (Wildman–Crippen MR) is 53.8 cm³/mol. The summed E-state index contributed by atoms with van der Waals surface area (Å²) in [4.78, 5) is 0.